The molecule has 2 heteroatoms. The van der Waals surface area contributed by atoms with E-state index in [2.05, 4.69) is 30.4 Å². The van der Waals surface area contributed by atoms with E-state index >= 15 is 0 Å². The molecule has 3 rings (SSSR count). The molecule has 1 aliphatic carbocycles. The van der Waals surface area contributed by atoms with Crippen molar-refractivity contribution in [1.29, 1.82) is 0 Å². The van der Waals surface area contributed by atoms with Gasteiger partial charge in [-0.25, -0.2) is 0 Å². The monoisotopic (exact) mass is 245 g/mol. The van der Waals surface area contributed by atoms with Gasteiger partial charge in [-0.3, -0.25) is 0 Å². The van der Waals surface area contributed by atoms with Crippen molar-refractivity contribution < 1.29 is 4.74 Å². The molecular formula is C16H23NO. The maximum atomic E-state index is 5.54. The highest BCUT2D eigenvalue weighted by atomic mass is 16.5. The molecule has 1 heterocycles. The van der Waals surface area contributed by atoms with Crippen LogP contribution in [-0.4, -0.2) is 12.6 Å². The van der Waals surface area contributed by atoms with Crippen LogP contribution in [-0.2, 0) is 13.0 Å². The molecule has 18 heavy (non-hydrogen) atoms. The van der Waals surface area contributed by atoms with Crippen LogP contribution in [0.5, 0.6) is 5.75 Å². The van der Waals surface area contributed by atoms with Crippen molar-refractivity contribution >= 4 is 0 Å². The number of rotatable bonds is 4. The molecule has 1 aromatic carbocycles. The highest BCUT2D eigenvalue weighted by Crippen LogP contribution is 2.28. The zero-order valence-corrected chi connectivity index (χ0v) is 11.2. The summed E-state index contributed by atoms with van der Waals surface area (Å²) in [4.78, 5) is 0. The fourth-order valence-corrected chi connectivity index (χ4v) is 3.25. The normalized spacial score (nSPS) is 20.7. The minimum Gasteiger partial charge on any atom is -0.493 e. The first-order valence-electron chi connectivity index (χ1n) is 7.31. The van der Waals surface area contributed by atoms with Gasteiger partial charge in [0, 0.05) is 19.0 Å². The number of nitrogens with one attached hydrogen (secondary N) is 1. The van der Waals surface area contributed by atoms with Crippen LogP contribution >= 0.6 is 0 Å². The summed E-state index contributed by atoms with van der Waals surface area (Å²) in [6.45, 7) is 4.18. The van der Waals surface area contributed by atoms with Crippen LogP contribution in [0.1, 0.15) is 43.7 Å². The number of ether oxygens (including phenoxy) is 1. The van der Waals surface area contributed by atoms with Crippen molar-refractivity contribution in [3.63, 3.8) is 0 Å². The lowest BCUT2D eigenvalue weighted by atomic mass is 9.99. The second-order valence-electron chi connectivity index (χ2n) is 5.75. The average molecular weight is 245 g/mol. The Morgan fingerprint density at radius 3 is 3.00 bits per heavy atom. The van der Waals surface area contributed by atoms with Gasteiger partial charge in [-0.2, -0.15) is 0 Å². The summed E-state index contributed by atoms with van der Waals surface area (Å²) >= 11 is 0. The molecule has 0 spiro atoms. The van der Waals surface area contributed by atoms with Crippen molar-refractivity contribution in [2.75, 3.05) is 6.61 Å². The predicted molar refractivity (Wildman–Crippen MR) is 73.9 cm³/mol. The molecule has 1 atom stereocenters. The van der Waals surface area contributed by atoms with E-state index in [1.807, 2.05) is 0 Å². The van der Waals surface area contributed by atoms with Crippen molar-refractivity contribution in [2.24, 2.45) is 5.92 Å². The molecule has 0 saturated heterocycles. The van der Waals surface area contributed by atoms with Gasteiger partial charge < -0.3 is 10.1 Å². The summed E-state index contributed by atoms with van der Waals surface area (Å²) in [7, 11) is 0. The molecule has 2 aliphatic rings. The Morgan fingerprint density at radius 1 is 1.33 bits per heavy atom. The summed E-state index contributed by atoms with van der Waals surface area (Å²) in [5.41, 5.74) is 2.77. The Balaban J connectivity index is 1.56. The summed E-state index contributed by atoms with van der Waals surface area (Å²) < 4.78 is 5.54. The Morgan fingerprint density at radius 2 is 2.17 bits per heavy atom. The van der Waals surface area contributed by atoms with Crippen molar-refractivity contribution in [3.05, 3.63) is 29.3 Å². The van der Waals surface area contributed by atoms with Gasteiger partial charge in [0.15, 0.2) is 0 Å². The fraction of sp³-hybridized carbons (Fsp3) is 0.625. The quantitative estimate of drug-likeness (QED) is 0.879. The molecule has 1 N–H and O–H groups in total. The SMILES string of the molecule is C[C@@H](NCc1ccc2c(c1)CCO2)C1CCCC1. The lowest BCUT2D eigenvalue weighted by Gasteiger charge is -2.20. The van der Waals surface area contributed by atoms with E-state index in [9.17, 15) is 0 Å². The number of benzene rings is 1. The lowest BCUT2D eigenvalue weighted by molar-refractivity contribution is 0.356. The zero-order chi connectivity index (χ0) is 12.4. The van der Waals surface area contributed by atoms with Gasteiger partial charge in [0.2, 0.25) is 0 Å². The summed E-state index contributed by atoms with van der Waals surface area (Å²) in [5, 5.41) is 3.69. The average Bonchev–Trinajstić information content (AvgIpc) is 3.05. The zero-order valence-electron chi connectivity index (χ0n) is 11.2. The van der Waals surface area contributed by atoms with Gasteiger partial charge in [0.05, 0.1) is 6.61 Å². The maximum absolute atomic E-state index is 5.54. The minimum absolute atomic E-state index is 0.650. The maximum Gasteiger partial charge on any atom is 0.122 e. The standard InChI is InChI=1S/C16H23NO/c1-12(14-4-2-3-5-14)17-11-13-6-7-16-15(10-13)8-9-18-16/h6-7,10,12,14,17H,2-5,8-9,11H2,1H3/t12-/m1/s1. The second-order valence-corrected chi connectivity index (χ2v) is 5.75. The molecule has 0 amide bonds. The number of hydrogen-bond donors (Lipinski definition) is 1. The van der Waals surface area contributed by atoms with E-state index in [-0.39, 0.29) is 0 Å². The highest BCUT2D eigenvalue weighted by molar-refractivity contribution is 5.39. The lowest BCUT2D eigenvalue weighted by Crippen LogP contribution is -2.31. The molecule has 0 bridgehead atoms. The van der Waals surface area contributed by atoms with Gasteiger partial charge in [-0.1, -0.05) is 25.0 Å². The van der Waals surface area contributed by atoms with E-state index in [1.165, 1.54) is 36.8 Å². The minimum atomic E-state index is 0.650. The topological polar surface area (TPSA) is 21.3 Å². The first kappa shape index (κ1) is 12.0. The number of fused-ring (bicyclic) bond motifs is 1. The molecular weight excluding hydrogens is 222 g/mol. The van der Waals surface area contributed by atoms with Crippen LogP contribution in [0.2, 0.25) is 0 Å². The third kappa shape index (κ3) is 2.54. The second kappa shape index (κ2) is 5.31. The summed E-state index contributed by atoms with van der Waals surface area (Å²) in [5.74, 6) is 1.98. The van der Waals surface area contributed by atoms with E-state index < -0.39 is 0 Å². The number of hydrogen-bond acceptors (Lipinski definition) is 2. The van der Waals surface area contributed by atoms with E-state index in [0.29, 0.717) is 6.04 Å². The van der Waals surface area contributed by atoms with Crippen LogP contribution in [0, 0.1) is 5.92 Å². The van der Waals surface area contributed by atoms with Crippen LogP contribution in [0.3, 0.4) is 0 Å². The third-order valence-electron chi connectivity index (χ3n) is 4.49. The van der Waals surface area contributed by atoms with Crippen LogP contribution in [0.4, 0.5) is 0 Å². The molecule has 1 aromatic rings. The van der Waals surface area contributed by atoms with Crippen molar-refractivity contribution in [2.45, 2.75) is 51.6 Å². The van der Waals surface area contributed by atoms with Crippen molar-refractivity contribution in [3.8, 4) is 5.75 Å². The fourth-order valence-electron chi connectivity index (χ4n) is 3.25. The Kier molecular flexibility index (Phi) is 3.55. The molecule has 0 radical (unpaired) electrons. The van der Waals surface area contributed by atoms with Gasteiger partial charge in [-0.05, 0) is 42.9 Å². The molecule has 1 saturated carbocycles. The largest absolute Gasteiger partial charge is 0.493 e. The smallest absolute Gasteiger partial charge is 0.122 e. The first-order chi connectivity index (χ1) is 8.83. The molecule has 98 valence electrons. The van der Waals surface area contributed by atoms with Crippen LogP contribution in [0.15, 0.2) is 18.2 Å². The van der Waals surface area contributed by atoms with Crippen LogP contribution < -0.4 is 10.1 Å². The summed E-state index contributed by atoms with van der Waals surface area (Å²) in [6, 6.07) is 7.27. The van der Waals surface area contributed by atoms with Gasteiger partial charge in [0.1, 0.15) is 5.75 Å². The predicted octanol–water partition coefficient (Wildman–Crippen LogP) is 3.29. The van der Waals surface area contributed by atoms with Gasteiger partial charge >= 0.3 is 0 Å². The summed E-state index contributed by atoms with van der Waals surface area (Å²) in [6.07, 6.45) is 6.74. The van der Waals surface area contributed by atoms with Crippen molar-refractivity contribution in [1.82, 2.24) is 5.32 Å². The molecule has 1 aliphatic heterocycles. The Hall–Kier alpha value is -1.02. The third-order valence-corrected chi connectivity index (χ3v) is 4.49. The Bertz CT molecular complexity index is 410. The highest BCUT2D eigenvalue weighted by Gasteiger charge is 2.21. The van der Waals surface area contributed by atoms with E-state index in [4.69, 9.17) is 4.74 Å². The molecule has 0 aromatic heterocycles. The van der Waals surface area contributed by atoms with Gasteiger partial charge in [0.25, 0.3) is 0 Å². The Labute approximate surface area is 110 Å². The first-order valence-corrected chi connectivity index (χ1v) is 7.31. The molecule has 1 fully saturated rings. The van der Waals surface area contributed by atoms with E-state index in [0.717, 1.165) is 31.2 Å². The molecule has 0 unspecified atom stereocenters. The molecule has 2 nitrogen and oxygen atoms in total. The van der Waals surface area contributed by atoms with Gasteiger partial charge in [-0.15, -0.1) is 0 Å². The van der Waals surface area contributed by atoms with Crippen LogP contribution in [0.25, 0.3) is 0 Å². The van der Waals surface area contributed by atoms with E-state index in [1.54, 1.807) is 0 Å².